The van der Waals surface area contributed by atoms with Crippen molar-refractivity contribution in [2.24, 2.45) is 0 Å². The third kappa shape index (κ3) is 2.57. The van der Waals surface area contributed by atoms with Crippen LogP contribution in [0.25, 0.3) is 10.9 Å². The molecule has 1 N–H and O–H groups in total. The lowest BCUT2D eigenvalue weighted by Crippen LogP contribution is -1.95. The lowest BCUT2D eigenvalue weighted by atomic mass is 10.2. The number of aromatic hydroxyl groups is 1. The Kier molecular flexibility index (Phi) is 3.76. The van der Waals surface area contributed by atoms with Gasteiger partial charge in [0.1, 0.15) is 18.1 Å². The van der Waals surface area contributed by atoms with Crippen molar-refractivity contribution in [1.82, 2.24) is 4.57 Å². The van der Waals surface area contributed by atoms with Crippen molar-refractivity contribution in [3.05, 3.63) is 59.2 Å². The van der Waals surface area contributed by atoms with E-state index in [0.29, 0.717) is 23.1 Å². The van der Waals surface area contributed by atoms with Crippen molar-refractivity contribution in [1.29, 1.82) is 0 Å². The van der Waals surface area contributed by atoms with Crippen LogP contribution in [-0.4, -0.2) is 9.67 Å². The first-order chi connectivity index (χ1) is 10.2. The minimum atomic E-state index is 0.290. The topological polar surface area (TPSA) is 34.4 Å². The van der Waals surface area contributed by atoms with Crippen LogP contribution in [0.4, 0.5) is 0 Å². The quantitative estimate of drug-likeness (QED) is 0.764. The summed E-state index contributed by atoms with van der Waals surface area (Å²) in [6.07, 6.45) is 2.02. The number of hydrogen-bond acceptors (Lipinski definition) is 2. The Hall–Kier alpha value is -2.13. The van der Waals surface area contributed by atoms with Crippen LogP contribution in [0.5, 0.6) is 11.5 Å². The number of aromatic nitrogens is 1. The van der Waals surface area contributed by atoms with E-state index in [2.05, 4.69) is 0 Å². The predicted octanol–water partition coefficient (Wildman–Crippen LogP) is 4.60. The number of phenolic OH excluding ortho intramolecular Hbond substituents is 1. The summed E-state index contributed by atoms with van der Waals surface area (Å²) in [6.45, 7) is 3.25. The molecule has 21 heavy (non-hydrogen) atoms. The number of rotatable bonds is 4. The average Bonchev–Trinajstić information content (AvgIpc) is 2.86. The van der Waals surface area contributed by atoms with Crippen molar-refractivity contribution in [3.8, 4) is 11.5 Å². The summed E-state index contributed by atoms with van der Waals surface area (Å²) >= 11 is 6.10. The fourth-order valence-corrected chi connectivity index (χ4v) is 2.69. The first-order valence-electron chi connectivity index (χ1n) is 6.87. The Balaban J connectivity index is 1.95. The monoisotopic (exact) mass is 301 g/mol. The van der Waals surface area contributed by atoms with Crippen LogP contribution in [0.2, 0.25) is 5.02 Å². The molecule has 0 saturated heterocycles. The lowest BCUT2D eigenvalue weighted by Gasteiger charge is -2.06. The van der Waals surface area contributed by atoms with Crippen LogP contribution in [0, 0.1) is 0 Å². The van der Waals surface area contributed by atoms with E-state index in [1.165, 1.54) is 0 Å². The summed E-state index contributed by atoms with van der Waals surface area (Å²) in [5.41, 5.74) is 1.88. The molecule has 0 aliphatic rings. The van der Waals surface area contributed by atoms with E-state index in [1.54, 1.807) is 12.1 Å². The Bertz CT molecular complexity index is 780. The standard InChI is InChI=1S/C17H16ClNO2/c1-2-19-10-12(13-6-5-8-15(20)17(13)19)11-21-16-9-4-3-7-14(16)18/h3-10,20H,2,11H2,1H3. The van der Waals surface area contributed by atoms with E-state index in [-0.39, 0.29) is 0 Å². The summed E-state index contributed by atoms with van der Waals surface area (Å²) in [4.78, 5) is 0. The smallest absolute Gasteiger partial charge is 0.139 e. The molecule has 1 heterocycles. The fraction of sp³-hybridized carbons (Fsp3) is 0.176. The Morgan fingerprint density at radius 2 is 1.95 bits per heavy atom. The Morgan fingerprint density at radius 3 is 2.71 bits per heavy atom. The molecule has 0 bridgehead atoms. The zero-order valence-corrected chi connectivity index (χ0v) is 12.5. The van der Waals surface area contributed by atoms with Crippen molar-refractivity contribution in [2.75, 3.05) is 0 Å². The number of ether oxygens (including phenoxy) is 1. The van der Waals surface area contributed by atoms with Gasteiger partial charge in [-0.2, -0.15) is 0 Å². The lowest BCUT2D eigenvalue weighted by molar-refractivity contribution is 0.307. The van der Waals surface area contributed by atoms with E-state index in [0.717, 1.165) is 23.0 Å². The number of halogens is 1. The first-order valence-corrected chi connectivity index (χ1v) is 7.25. The van der Waals surface area contributed by atoms with Gasteiger partial charge >= 0.3 is 0 Å². The van der Waals surface area contributed by atoms with Crippen LogP contribution in [0.1, 0.15) is 12.5 Å². The van der Waals surface area contributed by atoms with Crippen LogP contribution in [-0.2, 0) is 13.2 Å². The largest absolute Gasteiger partial charge is 0.506 e. The average molecular weight is 302 g/mol. The van der Waals surface area contributed by atoms with E-state index in [9.17, 15) is 5.11 Å². The van der Waals surface area contributed by atoms with Crippen LogP contribution >= 0.6 is 11.6 Å². The number of phenols is 1. The number of nitrogens with zero attached hydrogens (tertiary/aromatic N) is 1. The van der Waals surface area contributed by atoms with Gasteiger partial charge in [0.25, 0.3) is 0 Å². The Morgan fingerprint density at radius 1 is 1.14 bits per heavy atom. The van der Waals surface area contributed by atoms with Gasteiger partial charge in [-0.05, 0) is 25.1 Å². The van der Waals surface area contributed by atoms with Gasteiger partial charge in [-0.15, -0.1) is 0 Å². The maximum absolute atomic E-state index is 10.0. The summed E-state index contributed by atoms with van der Waals surface area (Å²) < 4.78 is 7.83. The summed E-state index contributed by atoms with van der Waals surface area (Å²) in [5.74, 6) is 0.954. The first kappa shape index (κ1) is 13.8. The summed E-state index contributed by atoms with van der Waals surface area (Å²) in [7, 11) is 0. The maximum atomic E-state index is 10.0. The SMILES string of the molecule is CCn1cc(COc2ccccc2Cl)c2cccc(O)c21. The molecule has 0 fully saturated rings. The van der Waals surface area contributed by atoms with Crippen LogP contribution in [0.3, 0.4) is 0 Å². The molecule has 108 valence electrons. The van der Waals surface area contributed by atoms with Gasteiger partial charge in [-0.3, -0.25) is 0 Å². The van der Waals surface area contributed by atoms with E-state index in [4.69, 9.17) is 16.3 Å². The van der Waals surface area contributed by atoms with Crippen molar-refractivity contribution >= 4 is 22.5 Å². The second-order valence-electron chi connectivity index (χ2n) is 4.83. The highest BCUT2D eigenvalue weighted by molar-refractivity contribution is 6.32. The number of fused-ring (bicyclic) bond motifs is 1. The maximum Gasteiger partial charge on any atom is 0.139 e. The van der Waals surface area contributed by atoms with Crippen LogP contribution in [0.15, 0.2) is 48.7 Å². The van der Waals surface area contributed by atoms with Crippen molar-refractivity contribution in [2.45, 2.75) is 20.1 Å². The number of benzene rings is 2. The molecular weight excluding hydrogens is 286 g/mol. The molecule has 0 unspecified atom stereocenters. The van der Waals surface area contributed by atoms with Gasteiger partial charge in [0.05, 0.1) is 10.5 Å². The van der Waals surface area contributed by atoms with E-state index < -0.39 is 0 Å². The highest BCUT2D eigenvalue weighted by atomic mass is 35.5. The molecule has 0 spiro atoms. The van der Waals surface area contributed by atoms with E-state index in [1.807, 2.05) is 48.0 Å². The second kappa shape index (κ2) is 5.70. The van der Waals surface area contributed by atoms with Gasteiger partial charge in [0.15, 0.2) is 0 Å². The number of aryl methyl sites for hydroxylation is 1. The second-order valence-corrected chi connectivity index (χ2v) is 5.24. The van der Waals surface area contributed by atoms with Crippen LogP contribution < -0.4 is 4.74 Å². The molecular formula is C17H16ClNO2. The fourth-order valence-electron chi connectivity index (χ4n) is 2.50. The molecule has 0 aliphatic carbocycles. The van der Waals surface area contributed by atoms with Gasteiger partial charge in [0, 0.05) is 23.7 Å². The van der Waals surface area contributed by atoms with Gasteiger partial charge in [-0.25, -0.2) is 0 Å². The molecule has 0 amide bonds. The third-order valence-electron chi connectivity index (χ3n) is 3.52. The zero-order valence-electron chi connectivity index (χ0n) is 11.7. The Labute approximate surface area is 128 Å². The zero-order chi connectivity index (χ0) is 14.8. The van der Waals surface area contributed by atoms with Gasteiger partial charge in [-0.1, -0.05) is 35.9 Å². The minimum absolute atomic E-state index is 0.290. The van der Waals surface area contributed by atoms with Gasteiger partial charge < -0.3 is 14.4 Å². The molecule has 0 saturated carbocycles. The number of para-hydroxylation sites is 2. The number of hydrogen-bond donors (Lipinski definition) is 1. The molecule has 1 aromatic heterocycles. The minimum Gasteiger partial charge on any atom is -0.506 e. The summed E-state index contributed by atoms with van der Waals surface area (Å²) in [5, 5.41) is 11.6. The molecule has 4 heteroatoms. The third-order valence-corrected chi connectivity index (χ3v) is 3.83. The summed E-state index contributed by atoms with van der Waals surface area (Å²) in [6, 6.07) is 13.0. The predicted molar refractivity (Wildman–Crippen MR) is 85.1 cm³/mol. The molecule has 2 aromatic carbocycles. The van der Waals surface area contributed by atoms with Crippen molar-refractivity contribution < 1.29 is 9.84 Å². The highest BCUT2D eigenvalue weighted by Gasteiger charge is 2.12. The molecule has 0 radical (unpaired) electrons. The van der Waals surface area contributed by atoms with Crippen molar-refractivity contribution in [3.63, 3.8) is 0 Å². The molecule has 3 rings (SSSR count). The highest BCUT2D eigenvalue weighted by Crippen LogP contribution is 2.30. The molecule has 0 aliphatic heterocycles. The molecule has 0 atom stereocenters. The molecule has 3 nitrogen and oxygen atoms in total. The van der Waals surface area contributed by atoms with E-state index >= 15 is 0 Å². The van der Waals surface area contributed by atoms with Gasteiger partial charge in [0.2, 0.25) is 0 Å². The normalized spacial score (nSPS) is 11.0. The molecule has 3 aromatic rings.